The molecule has 1 fully saturated rings. The molecule has 0 spiro atoms. The van der Waals surface area contributed by atoms with E-state index in [-0.39, 0.29) is 17.9 Å². The normalized spacial score (nSPS) is 18.2. The molecule has 0 radical (unpaired) electrons. The molecule has 0 aliphatic carbocycles. The molecule has 4 rings (SSSR count). The number of amides is 2. The minimum absolute atomic E-state index is 0.00748. The lowest BCUT2D eigenvalue weighted by atomic mass is 10.1. The summed E-state index contributed by atoms with van der Waals surface area (Å²) in [5.74, 6) is 1.49. The molecule has 1 aromatic carbocycles. The van der Waals surface area contributed by atoms with E-state index < -0.39 is 0 Å². The Labute approximate surface area is 168 Å². The predicted molar refractivity (Wildman–Crippen MR) is 107 cm³/mol. The van der Waals surface area contributed by atoms with Gasteiger partial charge in [0.1, 0.15) is 19.3 Å². The summed E-state index contributed by atoms with van der Waals surface area (Å²) in [6.07, 6.45) is 1.96. The Hall–Kier alpha value is -2.54. The lowest BCUT2D eigenvalue weighted by Gasteiger charge is -2.28. The van der Waals surface area contributed by atoms with E-state index in [1.54, 1.807) is 28.2 Å². The van der Waals surface area contributed by atoms with Gasteiger partial charge in [0.25, 0.3) is 0 Å². The van der Waals surface area contributed by atoms with Gasteiger partial charge in [0.05, 0.1) is 6.42 Å². The standard InChI is InChI=1S/C21H24N2O4S/c1-22(14-15-6-7-18-19(12-15)27-10-9-26-18)21(25)17-5-2-8-23(17)20(24)13-16-4-3-11-28-16/h3-4,6-7,11-12,17H,2,5,8-10,13-14H2,1H3/t17-/m1/s1. The Morgan fingerprint density at radius 2 is 2.04 bits per heavy atom. The first-order valence-corrected chi connectivity index (χ1v) is 10.4. The average molecular weight is 401 g/mol. The topological polar surface area (TPSA) is 59.1 Å². The number of likely N-dealkylation sites (tertiary alicyclic amines) is 1. The number of fused-ring (bicyclic) bond motifs is 1. The van der Waals surface area contributed by atoms with E-state index in [9.17, 15) is 9.59 Å². The second-order valence-electron chi connectivity index (χ2n) is 7.17. The number of nitrogens with zero attached hydrogens (tertiary/aromatic N) is 2. The minimum Gasteiger partial charge on any atom is -0.486 e. The molecular weight excluding hydrogens is 376 g/mol. The van der Waals surface area contributed by atoms with Crippen LogP contribution in [0.2, 0.25) is 0 Å². The van der Waals surface area contributed by atoms with Gasteiger partial charge >= 0.3 is 0 Å². The molecule has 0 N–H and O–H groups in total. The average Bonchev–Trinajstić information content (AvgIpc) is 3.39. The summed E-state index contributed by atoms with van der Waals surface area (Å²) >= 11 is 1.57. The summed E-state index contributed by atoms with van der Waals surface area (Å²) in [6.45, 7) is 2.22. The lowest BCUT2D eigenvalue weighted by molar-refractivity contribution is -0.143. The van der Waals surface area contributed by atoms with E-state index in [0.717, 1.165) is 34.8 Å². The van der Waals surface area contributed by atoms with Crippen molar-refractivity contribution in [1.82, 2.24) is 9.80 Å². The maximum Gasteiger partial charge on any atom is 0.245 e. The van der Waals surface area contributed by atoms with Crippen LogP contribution < -0.4 is 9.47 Å². The third kappa shape index (κ3) is 3.99. The third-order valence-electron chi connectivity index (χ3n) is 5.17. The third-order valence-corrected chi connectivity index (χ3v) is 6.04. The van der Waals surface area contributed by atoms with E-state index in [2.05, 4.69) is 0 Å². The Morgan fingerprint density at radius 1 is 1.21 bits per heavy atom. The Balaban J connectivity index is 1.40. The second kappa shape index (κ2) is 8.22. The summed E-state index contributed by atoms with van der Waals surface area (Å²) in [6, 6.07) is 9.30. The molecule has 0 unspecified atom stereocenters. The molecule has 0 bridgehead atoms. The molecule has 0 saturated carbocycles. The van der Waals surface area contributed by atoms with Crippen LogP contribution in [-0.2, 0) is 22.6 Å². The zero-order chi connectivity index (χ0) is 19.5. The largest absolute Gasteiger partial charge is 0.486 e. The number of thiophene rings is 1. The van der Waals surface area contributed by atoms with E-state index >= 15 is 0 Å². The molecule has 2 amide bonds. The van der Waals surface area contributed by atoms with Gasteiger partial charge < -0.3 is 19.3 Å². The van der Waals surface area contributed by atoms with Crippen LogP contribution >= 0.6 is 11.3 Å². The maximum absolute atomic E-state index is 13.0. The van der Waals surface area contributed by atoms with Gasteiger partial charge in [-0.05, 0) is 42.0 Å². The van der Waals surface area contributed by atoms with Crippen molar-refractivity contribution >= 4 is 23.2 Å². The summed E-state index contributed by atoms with van der Waals surface area (Å²) in [5.41, 5.74) is 0.981. The molecule has 2 aromatic rings. The highest BCUT2D eigenvalue weighted by Crippen LogP contribution is 2.31. The van der Waals surface area contributed by atoms with Crippen LogP contribution in [0, 0.1) is 0 Å². The predicted octanol–water partition coefficient (Wildman–Crippen LogP) is 2.71. The molecule has 1 atom stereocenters. The van der Waals surface area contributed by atoms with Gasteiger partial charge in [0, 0.05) is 25.0 Å². The van der Waals surface area contributed by atoms with Gasteiger partial charge in [0.2, 0.25) is 11.8 Å². The fourth-order valence-electron chi connectivity index (χ4n) is 3.78. The smallest absolute Gasteiger partial charge is 0.245 e. The monoisotopic (exact) mass is 400 g/mol. The highest BCUT2D eigenvalue weighted by atomic mass is 32.1. The van der Waals surface area contributed by atoms with E-state index in [0.29, 0.717) is 32.7 Å². The van der Waals surface area contributed by atoms with Crippen molar-refractivity contribution in [2.75, 3.05) is 26.8 Å². The minimum atomic E-state index is -0.366. The second-order valence-corrected chi connectivity index (χ2v) is 8.21. The van der Waals surface area contributed by atoms with Crippen molar-refractivity contribution in [2.45, 2.75) is 31.8 Å². The molecule has 1 saturated heterocycles. The summed E-state index contributed by atoms with van der Waals surface area (Å²) in [4.78, 5) is 30.2. The van der Waals surface area contributed by atoms with E-state index in [4.69, 9.17) is 9.47 Å². The number of ether oxygens (including phenoxy) is 2. The Bertz CT molecular complexity index is 852. The van der Waals surface area contributed by atoms with Gasteiger partial charge in [-0.15, -0.1) is 11.3 Å². The van der Waals surface area contributed by atoms with Crippen LogP contribution in [0.1, 0.15) is 23.3 Å². The number of rotatable bonds is 5. The Kier molecular flexibility index (Phi) is 5.52. The van der Waals surface area contributed by atoms with Crippen molar-refractivity contribution in [3.05, 3.63) is 46.2 Å². The highest BCUT2D eigenvalue weighted by molar-refractivity contribution is 7.10. The van der Waals surface area contributed by atoms with Crippen molar-refractivity contribution < 1.29 is 19.1 Å². The quantitative estimate of drug-likeness (QED) is 0.774. The van der Waals surface area contributed by atoms with Crippen LogP contribution in [0.15, 0.2) is 35.7 Å². The van der Waals surface area contributed by atoms with Crippen LogP contribution in [0.25, 0.3) is 0 Å². The zero-order valence-corrected chi connectivity index (χ0v) is 16.7. The van der Waals surface area contributed by atoms with Gasteiger partial charge in [-0.2, -0.15) is 0 Å². The van der Waals surface area contributed by atoms with Crippen LogP contribution in [-0.4, -0.2) is 54.5 Å². The number of carbonyl (C=O) groups excluding carboxylic acids is 2. The number of hydrogen-bond donors (Lipinski definition) is 0. The molecule has 1 aromatic heterocycles. The summed E-state index contributed by atoms with van der Waals surface area (Å²) < 4.78 is 11.2. The van der Waals surface area contributed by atoms with Crippen molar-refractivity contribution in [3.8, 4) is 11.5 Å². The Morgan fingerprint density at radius 3 is 2.82 bits per heavy atom. The van der Waals surface area contributed by atoms with E-state index in [1.165, 1.54) is 0 Å². The fourth-order valence-corrected chi connectivity index (χ4v) is 4.47. The van der Waals surface area contributed by atoms with Crippen molar-refractivity contribution in [2.24, 2.45) is 0 Å². The molecule has 7 heteroatoms. The first-order chi connectivity index (χ1) is 13.6. The van der Waals surface area contributed by atoms with Gasteiger partial charge in [-0.3, -0.25) is 9.59 Å². The van der Waals surface area contributed by atoms with Crippen molar-refractivity contribution in [1.29, 1.82) is 0 Å². The molecule has 28 heavy (non-hydrogen) atoms. The molecule has 148 valence electrons. The lowest BCUT2D eigenvalue weighted by Crippen LogP contribution is -2.46. The number of carbonyl (C=O) groups is 2. The molecule has 2 aliphatic rings. The van der Waals surface area contributed by atoms with Gasteiger partial charge in [-0.25, -0.2) is 0 Å². The number of hydrogen-bond acceptors (Lipinski definition) is 5. The summed E-state index contributed by atoms with van der Waals surface area (Å²) in [7, 11) is 1.79. The highest BCUT2D eigenvalue weighted by Gasteiger charge is 2.35. The first-order valence-electron chi connectivity index (χ1n) is 9.57. The maximum atomic E-state index is 13.0. The molecule has 2 aliphatic heterocycles. The SMILES string of the molecule is CN(Cc1ccc2c(c1)OCCO2)C(=O)[C@H]1CCCN1C(=O)Cc1cccs1. The van der Waals surface area contributed by atoms with E-state index in [1.807, 2.05) is 35.7 Å². The first kappa shape index (κ1) is 18.8. The van der Waals surface area contributed by atoms with Crippen LogP contribution in [0.4, 0.5) is 0 Å². The molecule has 3 heterocycles. The summed E-state index contributed by atoms with van der Waals surface area (Å²) in [5, 5.41) is 1.97. The fraction of sp³-hybridized carbons (Fsp3) is 0.429. The number of likely N-dealkylation sites (N-methyl/N-ethyl adjacent to an activating group) is 1. The zero-order valence-electron chi connectivity index (χ0n) is 15.9. The van der Waals surface area contributed by atoms with Crippen LogP contribution in [0.5, 0.6) is 11.5 Å². The molecular formula is C21H24N2O4S. The van der Waals surface area contributed by atoms with Crippen LogP contribution in [0.3, 0.4) is 0 Å². The number of benzene rings is 1. The van der Waals surface area contributed by atoms with Crippen molar-refractivity contribution in [3.63, 3.8) is 0 Å². The van der Waals surface area contributed by atoms with Gasteiger partial charge in [0.15, 0.2) is 11.5 Å². The molecule has 6 nitrogen and oxygen atoms in total. The van der Waals surface area contributed by atoms with Gasteiger partial charge in [-0.1, -0.05) is 12.1 Å².